The van der Waals surface area contributed by atoms with Crippen LogP contribution < -0.4 is 4.74 Å². The lowest BCUT2D eigenvalue weighted by atomic mass is 9.75. The topological polar surface area (TPSA) is 35.5 Å². The highest BCUT2D eigenvalue weighted by Gasteiger charge is 2.37. The van der Waals surface area contributed by atoms with E-state index in [9.17, 15) is 18.0 Å². The molecule has 0 N–H and O–H groups in total. The molecule has 1 aliphatic carbocycles. The molecule has 0 amide bonds. The summed E-state index contributed by atoms with van der Waals surface area (Å²) in [4.78, 5) is 11.7. The quantitative estimate of drug-likeness (QED) is 0.262. The molecular formula is C32H35F3O3. The van der Waals surface area contributed by atoms with Gasteiger partial charge in [-0.25, -0.2) is 13.2 Å². The lowest BCUT2D eigenvalue weighted by Crippen LogP contribution is -2.17. The highest BCUT2D eigenvalue weighted by atomic mass is 19.3. The first-order valence-corrected chi connectivity index (χ1v) is 13.1. The van der Waals surface area contributed by atoms with Crippen molar-refractivity contribution in [3.8, 4) is 16.9 Å². The van der Waals surface area contributed by atoms with E-state index in [0.717, 1.165) is 48.1 Å². The van der Waals surface area contributed by atoms with Gasteiger partial charge in [0.15, 0.2) is 0 Å². The van der Waals surface area contributed by atoms with E-state index < -0.39 is 12.2 Å². The molecule has 2 atom stereocenters. The second kappa shape index (κ2) is 11.6. The summed E-state index contributed by atoms with van der Waals surface area (Å²) >= 11 is 0. The third-order valence-electron chi connectivity index (χ3n) is 7.81. The fourth-order valence-corrected chi connectivity index (χ4v) is 5.55. The molecule has 0 heterocycles. The maximum atomic E-state index is 15.0. The monoisotopic (exact) mass is 524 g/mol. The second-order valence-corrected chi connectivity index (χ2v) is 10.9. The van der Waals surface area contributed by atoms with Gasteiger partial charge in [-0.15, -0.1) is 0 Å². The van der Waals surface area contributed by atoms with E-state index in [4.69, 9.17) is 9.47 Å². The normalized spacial score (nSPS) is 17.4. The zero-order chi connectivity index (χ0) is 27.4. The first-order chi connectivity index (χ1) is 18.1. The van der Waals surface area contributed by atoms with Crippen LogP contribution >= 0.6 is 0 Å². The number of halogens is 3. The van der Waals surface area contributed by atoms with Crippen molar-refractivity contribution < 1.29 is 27.4 Å². The van der Waals surface area contributed by atoms with E-state index in [1.54, 1.807) is 0 Å². The zero-order valence-electron chi connectivity index (χ0n) is 22.4. The Morgan fingerprint density at radius 2 is 1.82 bits per heavy atom. The summed E-state index contributed by atoms with van der Waals surface area (Å²) in [6, 6.07) is 17.0. The molecule has 0 aliphatic heterocycles. The van der Waals surface area contributed by atoms with Gasteiger partial charge in [0.1, 0.15) is 18.2 Å². The molecule has 0 spiro atoms. The van der Waals surface area contributed by atoms with Crippen LogP contribution in [0.25, 0.3) is 11.1 Å². The summed E-state index contributed by atoms with van der Waals surface area (Å²) in [5.74, 6) is 0.0757. The van der Waals surface area contributed by atoms with Gasteiger partial charge in [-0.3, -0.25) is 4.79 Å². The molecule has 4 rings (SSSR count). The number of ether oxygens (including phenoxy) is 2. The standard InChI is InChI=1S/C32H35F3O3/c1-20(15-30(36)37-4)22-7-5-8-24(17-22)38-19-21-10-12-25(26(16-21)28-9-6-14-32(28,2)3)27-18-23(31(34)35)11-13-29(27)33/h5,7-8,10-13,16-18,20,28,31H,6,9,14-15,19H2,1-4H3/t20-,28+/m1/s1. The van der Waals surface area contributed by atoms with E-state index in [2.05, 4.69) is 13.8 Å². The van der Waals surface area contributed by atoms with Gasteiger partial charge in [-0.2, -0.15) is 0 Å². The number of hydrogen-bond donors (Lipinski definition) is 0. The molecule has 202 valence electrons. The third kappa shape index (κ3) is 6.23. The molecule has 0 saturated heterocycles. The van der Waals surface area contributed by atoms with Crippen molar-refractivity contribution in [1.29, 1.82) is 0 Å². The minimum Gasteiger partial charge on any atom is -0.489 e. The predicted octanol–water partition coefficient (Wildman–Crippen LogP) is 8.97. The van der Waals surface area contributed by atoms with Crippen LogP contribution in [0.15, 0.2) is 60.7 Å². The van der Waals surface area contributed by atoms with Crippen LogP contribution in [0.4, 0.5) is 13.2 Å². The lowest BCUT2D eigenvalue weighted by Gasteiger charge is -2.30. The van der Waals surface area contributed by atoms with E-state index in [0.29, 0.717) is 17.9 Å². The van der Waals surface area contributed by atoms with Gasteiger partial charge < -0.3 is 9.47 Å². The van der Waals surface area contributed by atoms with Crippen LogP contribution in [0.5, 0.6) is 5.75 Å². The van der Waals surface area contributed by atoms with Crippen LogP contribution in [0.3, 0.4) is 0 Å². The Labute approximate surface area is 223 Å². The van der Waals surface area contributed by atoms with Gasteiger partial charge in [0.2, 0.25) is 0 Å². The van der Waals surface area contributed by atoms with Crippen LogP contribution in [0.2, 0.25) is 0 Å². The van der Waals surface area contributed by atoms with Gasteiger partial charge in [-0.05, 0) is 76.6 Å². The lowest BCUT2D eigenvalue weighted by molar-refractivity contribution is -0.140. The number of carbonyl (C=O) groups excluding carboxylic acids is 1. The Kier molecular flexibility index (Phi) is 8.49. The summed E-state index contributed by atoms with van der Waals surface area (Å²) in [6.45, 7) is 6.69. The number of esters is 1. The molecule has 0 unspecified atom stereocenters. The highest BCUT2D eigenvalue weighted by Crippen LogP contribution is 2.51. The molecule has 3 aromatic rings. The average Bonchev–Trinajstić information content (AvgIpc) is 3.26. The zero-order valence-corrected chi connectivity index (χ0v) is 22.4. The largest absolute Gasteiger partial charge is 0.489 e. The van der Waals surface area contributed by atoms with E-state index in [-0.39, 0.29) is 40.8 Å². The Balaban J connectivity index is 1.63. The molecular weight excluding hydrogens is 489 g/mol. The summed E-state index contributed by atoms with van der Waals surface area (Å²) in [5.41, 5.74) is 3.56. The molecule has 0 bridgehead atoms. The molecule has 0 aromatic heterocycles. The Hall–Kier alpha value is -3.28. The van der Waals surface area contributed by atoms with Crippen molar-refractivity contribution in [2.24, 2.45) is 5.41 Å². The van der Waals surface area contributed by atoms with Gasteiger partial charge >= 0.3 is 5.97 Å². The van der Waals surface area contributed by atoms with E-state index in [1.807, 2.05) is 49.4 Å². The third-order valence-corrected chi connectivity index (χ3v) is 7.81. The molecule has 3 aromatic carbocycles. The van der Waals surface area contributed by atoms with Crippen molar-refractivity contribution in [1.82, 2.24) is 0 Å². The Morgan fingerprint density at radius 3 is 2.50 bits per heavy atom. The SMILES string of the molecule is COC(=O)C[C@@H](C)c1cccc(OCc2ccc(-c3cc(C(F)F)ccc3F)c([C@@H]3CCCC3(C)C)c2)c1. The summed E-state index contributed by atoms with van der Waals surface area (Å²) in [5, 5.41) is 0. The van der Waals surface area contributed by atoms with Crippen LogP contribution in [-0.4, -0.2) is 13.1 Å². The van der Waals surface area contributed by atoms with Crippen LogP contribution in [0, 0.1) is 11.2 Å². The number of rotatable bonds is 9. The molecule has 3 nitrogen and oxygen atoms in total. The van der Waals surface area contributed by atoms with Gasteiger partial charge in [0, 0.05) is 11.1 Å². The average molecular weight is 525 g/mol. The van der Waals surface area contributed by atoms with Crippen LogP contribution in [0.1, 0.15) is 87.0 Å². The first-order valence-electron chi connectivity index (χ1n) is 13.1. The number of benzene rings is 3. The molecule has 1 fully saturated rings. The molecule has 1 saturated carbocycles. The maximum absolute atomic E-state index is 15.0. The van der Waals surface area contributed by atoms with Crippen molar-refractivity contribution in [2.45, 2.75) is 71.3 Å². The second-order valence-electron chi connectivity index (χ2n) is 10.9. The predicted molar refractivity (Wildman–Crippen MR) is 143 cm³/mol. The van der Waals surface area contributed by atoms with Gasteiger partial charge in [0.05, 0.1) is 13.5 Å². The summed E-state index contributed by atoms with van der Waals surface area (Å²) in [6.07, 6.45) is 0.688. The Morgan fingerprint density at radius 1 is 1.03 bits per heavy atom. The van der Waals surface area contributed by atoms with Gasteiger partial charge in [-0.1, -0.05) is 63.6 Å². The summed E-state index contributed by atoms with van der Waals surface area (Å²) < 4.78 is 52.7. The first kappa shape index (κ1) is 27.7. The highest BCUT2D eigenvalue weighted by molar-refractivity contribution is 5.71. The van der Waals surface area contributed by atoms with Crippen LogP contribution in [-0.2, 0) is 16.1 Å². The number of methoxy groups -OCH3 is 1. The van der Waals surface area contributed by atoms with Crippen molar-refractivity contribution in [3.63, 3.8) is 0 Å². The van der Waals surface area contributed by atoms with Crippen molar-refractivity contribution in [2.75, 3.05) is 7.11 Å². The number of hydrogen-bond acceptors (Lipinski definition) is 3. The minimum absolute atomic E-state index is 0.00907. The fraction of sp³-hybridized carbons (Fsp3) is 0.406. The van der Waals surface area contributed by atoms with E-state index >= 15 is 0 Å². The Bertz CT molecular complexity index is 1280. The fourth-order valence-electron chi connectivity index (χ4n) is 5.55. The molecule has 6 heteroatoms. The maximum Gasteiger partial charge on any atom is 0.306 e. The van der Waals surface area contributed by atoms with E-state index in [1.165, 1.54) is 13.2 Å². The smallest absolute Gasteiger partial charge is 0.306 e. The van der Waals surface area contributed by atoms with Crippen molar-refractivity contribution in [3.05, 3.63) is 88.7 Å². The molecule has 1 aliphatic rings. The van der Waals surface area contributed by atoms with Gasteiger partial charge in [0.25, 0.3) is 6.43 Å². The number of alkyl halides is 2. The molecule has 38 heavy (non-hydrogen) atoms. The molecule has 0 radical (unpaired) electrons. The summed E-state index contributed by atoms with van der Waals surface area (Å²) in [7, 11) is 1.38. The van der Waals surface area contributed by atoms with Crippen molar-refractivity contribution >= 4 is 5.97 Å². The minimum atomic E-state index is -2.67. The number of carbonyl (C=O) groups is 1.